The van der Waals surface area contributed by atoms with Gasteiger partial charge in [0.1, 0.15) is 0 Å². The minimum Gasteiger partial charge on any atom is -0.334 e. The molecule has 0 unspecified atom stereocenters. The Morgan fingerprint density at radius 3 is 1.97 bits per heavy atom. The van der Waals surface area contributed by atoms with Crippen LogP contribution in [-0.2, 0) is 30.2 Å². The number of amides is 1. The van der Waals surface area contributed by atoms with Gasteiger partial charge in [0.25, 0.3) is 0 Å². The molecule has 1 saturated carbocycles. The van der Waals surface area contributed by atoms with Crippen molar-refractivity contribution in [1.29, 1.82) is 0 Å². The van der Waals surface area contributed by atoms with Crippen LogP contribution in [0.3, 0.4) is 0 Å². The van der Waals surface area contributed by atoms with Crippen molar-refractivity contribution in [3.05, 3.63) is 70.3 Å². The van der Waals surface area contributed by atoms with Crippen molar-refractivity contribution in [2.24, 2.45) is 5.92 Å². The quantitative estimate of drug-likeness (QED) is 0.551. The maximum absolute atomic E-state index is 13.1. The van der Waals surface area contributed by atoms with Gasteiger partial charge in [0.2, 0.25) is 5.91 Å². The van der Waals surface area contributed by atoms with Gasteiger partial charge < -0.3 is 4.90 Å². The fourth-order valence-corrected chi connectivity index (χ4v) is 3.12. The van der Waals surface area contributed by atoms with E-state index in [0.717, 1.165) is 11.1 Å². The fourth-order valence-electron chi connectivity index (χ4n) is 3.12. The number of aryl methyl sites for hydroxylation is 1. The first-order chi connectivity index (χ1) is 13.4. The first-order valence-corrected chi connectivity index (χ1v) is 9.07. The van der Waals surface area contributed by atoms with Gasteiger partial charge in [-0.3, -0.25) is 4.79 Å². The SMILES string of the molecule is Cc1ccccc1CN(Cc1cc(C(F)(F)F)cc(C(F)(F)F)c1)C(=O)C1CC1. The Morgan fingerprint density at radius 1 is 0.931 bits per heavy atom. The highest BCUT2D eigenvalue weighted by Crippen LogP contribution is 2.37. The standard InChI is InChI=1S/C21H19F6NO/c1-13-4-2-3-5-16(13)12-28(19(29)15-6-7-15)11-14-8-17(20(22,23)24)10-18(9-14)21(25,26)27/h2-5,8-10,15H,6-7,11-12H2,1H3. The van der Waals surface area contributed by atoms with Crippen LogP contribution in [0.4, 0.5) is 26.3 Å². The second-order valence-corrected chi connectivity index (χ2v) is 7.31. The zero-order chi connectivity index (χ0) is 21.4. The smallest absolute Gasteiger partial charge is 0.334 e. The summed E-state index contributed by atoms with van der Waals surface area (Å²) in [6, 6.07) is 8.66. The van der Waals surface area contributed by atoms with Crippen LogP contribution in [0.25, 0.3) is 0 Å². The molecule has 156 valence electrons. The van der Waals surface area contributed by atoms with E-state index in [1.165, 1.54) is 4.90 Å². The molecule has 1 aliphatic carbocycles. The highest BCUT2D eigenvalue weighted by atomic mass is 19.4. The normalized spacial score (nSPS) is 14.7. The lowest BCUT2D eigenvalue weighted by Crippen LogP contribution is -2.31. The number of rotatable bonds is 5. The number of halogens is 6. The minimum absolute atomic E-state index is 0.0951. The maximum Gasteiger partial charge on any atom is 0.416 e. The van der Waals surface area contributed by atoms with Gasteiger partial charge in [-0.25, -0.2) is 0 Å². The molecule has 8 heteroatoms. The molecule has 0 atom stereocenters. The molecule has 2 aromatic rings. The van der Waals surface area contributed by atoms with E-state index in [-0.39, 0.29) is 36.5 Å². The Labute approximate surface area is 164 Å². The van der Waals surface area contributed by atoms with Crippen LogP contribution < -0.4 is 0 Å². The summed E-state index contributed by atoms with van der Waals surface area (Å²) in [5.41, 5.74) is -1.27. The average Bonchev–Trinajstić information content (AvgIpc) is 3.46. The van der Waals surface area contributed by atoms with Gasteiger partial charge in [-0.15, -0.1) is 0 Å². The summed E-state index contributed by atoms with van der Waals surface area (Å²) >= 11 is 0. The molecule has 0 radical (unpaired) electrons. The minimum atomic E-state index is -4.92. The zero-order valence-corrected chi connectivity index (χ0v) is 15.6. The average molecular weight is 415 g/mol. The van der Waals surface area contributed by atoms with Crippen LogP contribution in [0.2, 0.25) is 0 Å². The van der Waals surface area contributed by atoms with Crippen LogP contribution in [0, 0.1) is 12.8 Å². The van der Waals surface area contributed by atoms with Gasteiger partial charge in [-0.2, -0.15) is 26.3 Å². The lowest BCUT2D eigenvalue weighted by atomic mass is 10.0. The maximum atomic E-state index is 13.1. The Balaban J connectivity index is 1.96. The Bertz CT molecular complexity index is 867. The van der Waals surface area contributed by atoms with Gasteiger partial charge in [-0.05, 0) is 54.7 Å². The summed E-state index contributed by atoms with van der Waals surface area (Å²) in [5, 5.41) is 0. The van der Waals surface area contributed by atoms with E-state index in [1.54, 1.807) is 12.1 Å². The zero-order valence-electron chi connectivity index (χ0n) is 15.6. The molecule has 1 amide bonds. The van der Waals surface area contributed by atoms with E-state index in [9.17, 15) is 31.1 Å². The summed E-state index contributed by atoms with van der Waals surface area (Å²) < 4.78 is 78.7. The van der Waals surface area contributed by atoms with Crippen LogP contribution >= 0.6 is 0 Å². The van der Waals surface area contributed by atoms with Gasteiger partial charge in [0.05, 0.1) is 11.1 Å². The Hall–Kier alpha value is -2.51. The van der Waals surface area contributed by atoms with Crippen LogP contribution in [0.1, 0.15) is 40.7 Å². The summed E-state index contributed by atoms with van der Waals surface area (Å²) in [6.45, 7) is 1.64. The van der Waals surface area contributed by atoms with Crippen molar-refractivity contribution in [2.75, 3.05) is 0 Å². The van der Waals surface area contributed by atoms with E-state index in [0.29, 0.717) is 25.0 Å². The van der Waals surface area contributed by atoms with E-state index in [4.69, 9.17) is 0 Å². The summed E-state index contributed by atoms with van der Waals surface area (Å²) in [7, 11) is 0. The number of carbonyl (C=O) groups excluding carboxylic acids is 1. The number of hydrogen-bond donors (Lipinski definition) is 0. The molecule has 0 aromatic heterocycles. The van der Waals surface area contributed by atoms with Gasteiger partial charge in [0.15, 0.2) is 0 Å². The molecule has 29 heavy (non-hydrogen) atoms. The largest absolute Gasteiger partial charge is 0.416 e. The molecule has 0 N–H and O–H groups in total. The molecule has 1 aliphatic rings. The third-order valence-electron chi connectivity index (χ3n) is 4.88. The number of carbonyl (C=O) groups is 1. The van der Waals surface area contributed by atoms with Gasteiger partial charge in [-0.1, -0.05) is 24.3 Å². The van der Waals surface area contributed by atoms with E-state index < -0.39 is 23.5 Å². The molecular formula is C21H19F6NO. The van der Waals surface area contributed by atoms with E-state index in [2.05, 4.69) is 0 Å². The van der Waals surface area contributed by atoms with Crippen LogP contribution in [0.5, 0.6) is 0 Å². The second kappa shape index (κ2) is 7.72. The van der Waals surface area contributed by atoms with Crippen molar-refractivity contribution in [2.45, 2.75) is 45.2 Å². The third-order valence-corrected chi connectivity index (χ3v) is 4.88. The fraction of sp³-hybridized carbons (Fsp3) is 0.381. The van der Waals surface area contributed by atoms with Crippen molar-refractivity contribution in [3.8, 4) is 0 Å². The van der Waals surface area contributed by atoms with E-state index >= 15 is 0 Å². The molecule has 0 saturated heterocycles. The molecule has 2 nitrogen and oxygen atoms in total. The molecule has 2 aromatic carbocycles. The lowest BCUT2D eigenvalue weighted by Gasteiger charge is -2.25. The lowest BCUT2D eigenvalue weighted by molar-refractivity contribution is -0.143. The molecule has 3 rings (SSSR count). The predicted octanol–water partition coefficient (Wildman–Crippen LogP) is 5.97. The van der Waals surface area contributed by atoms with Crippen molar-refractivity contribution >= 4 is 5.91 Å². The second-order valence-electron chi connectivity index (χ2n) is 7.31. The molecule has 0 spiro atoms. The monoisotopic (exact) mass is 415 g/mol. The predicted molar refractivity (Wildman–Crippen MR) is 94.6 cm³/mol. The number of alkyl halides is 6. The Morgan fingerprint density at radius 2 is 1.48 bits per heavy atom. The number of hydrogen-bond acceptors (Lipinski definition) is 1. The summed E-state index contributed by atoms with van der Waals surface area (Å²) in [4.78, 5) is 14.0. The summed E-state index contributed by atoms with van der Waals surface area (Å²) in [6.07, 6.45) is -8.48. The molecule has 0 bridgehead atoms. The highest BCUT2D eigenvalue weighted by molar-refractivity contribution is 5.81. The van der Waals surface area contributed by atoms with Crippen molar-refractivity contribution in [1.82, 2.24) is 4.90 Å². The third kappa shape index (κ3) is 5.31. The van der Waals surface area contributed by atoms with Crippen molar-refractivity contribution in [3.63, 3.8) is 0 Å². The van der Waals surface area contributed by atoms with Crippen LogP contribution in [-0.4, -0.2) is 10.8 Å². The first-order valence-electron chi connectivity index (χ1n) is 9.07. The number of nitrogens with zero attached hydrogens (tertiary/aromatic N) is 1. The Kier molecular flexibility index (Phi) is 5.65. The molecule has 1 fully saturated rings. The number of benzene rings is 2. The van der Waals surface area contributed by atoms with Crippen LogP contribution in [0.15, 0.2) is 42.5 Å². The van der Waals surface area contributed by atoms with E-state index in [1.807, 2.05) is 19.1 Å². The highest BCUT2D eigenvalue weighted by Gasteiger charge is 2.38. The topological polar surface area (TPSA) is 20.3 Å². The van der Waals surface area contributed by atoms with Gasteiger partial charge >= 0.3 is 12.4 Å². The molecule has 0 aliphatic heterocycles. The summed E-state index contributed by atoms with van der Waals surface area (Å²) in [5.74, 6) is -0.467. The first kappa shape index (κ1) is 21.2. The molecular weight excluding hydrogens is 396 g/mol. The van der Waals surface area contributed by atoms with Crippen molar-refractivity contribution < 1.29 is 31.1 Å². The van der Waals surface area contributed by atoms with Gasteiger partial charge in [0, 0.05) is 19.0 Å². The molecule has 0 heterocycles.